The van der Waals surface area contributed by atoms with Gasteiger partial charge in [-0.15, -0.1) is 0 Å². The first kappa shape index (κ1) is 25.0. The summed E-state index contributed by atoms with van der Waals surface area (Å²) in [6.45, 7) is 6.54. The number of rotatable bonds is 0. The van der Waals surface area contributed by atoms with Crippen LogP contribution < -0.4 is 14.7 Å². The molecule has 0 aliphatic rings. The zero-order chi connectivity index (χ0) is 12.6. The first-order chi connectivity index (χ1) is 6.24. The van der Waals surface area contributed by atoms with Gasteiger partial charge in [-0.2, -0.15) is 7.82 Å². The second-order valence-electron chi connectivity index (χ2n) is 1.95. The van der Waals surface area contributed by atoms with Crippen molar-refractivity contribution in [1.29, 1.82) is 0 Å². The average molecular weight is 378 g/mol. The van der Waals surface area contributed by atoms with Crippen LogP contribution in [0, 0.1) is 0 Å². The zero-order valence-corrected chi connectivity index (χ0v) is 19.1. The molecule has 0 N–H and O–H groups in total. The maximum absolute atomic E-state index is 8.55. The summed E-state index contributed by atoms with van der Waals surface area (Å²) in [4.78, 5) is 25.6. The van der Waals surface area contributed by atoms with Crippen molar-refractivity contribution in [1.82, 2.24) is 0 Å². The summed E-state index contributed by atoms with van der Waals surface area (Å²) in [6.07, 6.45) is 0. The van der Waals surface area contributed by atoms with E-state index < -0.39 is 7.82 Å². The van der Waals surface area contributed by atoms with E-state index in [1.165, 1.54) is 70.0 Å². The third kappa shape index (κ3) is 601. The van der Waals surface area contributed by atoms with Crippen LogP contribution in [0.15, 0.2) is 0 Å². The van der Waals surface area contributed by atoms with E-state index in [2.05, 4.69) is 20.8 Å². The Hall–Kier alpha value is 1.98. The smallest absolute Gasteiger partial charge is 0.159 e. The molecule has 0 fully saturated rings. The topological polar surface area (TPSA) is 86.2 Å². The molecule has 14 heavy (non-hydrogen) atoms. The Balaban J connectivity index is -0.0000000495. The van der Waals surface area contributed by atoms with Crippen molar-refractivity contribution in [3.8, 4) is 0 Å². The van der Waals surface area contributed by atoms with Gasteiger partial charge in [0.1, 0.15) is 0 Å². The molecule has 0 amide bonds. The van der Waals surface area contributed by atoms with E-state index in [0.29, 0.717) is 0 Å². The van der Waals surface area contributed by atoms with E-state index in [1.54, 1.807) is 0 Å². The van der Waals surface area contributed by atoms with E-state index in [9.17, 15) is 0 Å². The fraction of sp³-hybridized carbons (Fsp3) is 1.00. The van der Waals surface area contributed by atoms with Crippen LogP contribution in [0.3, 0.4) is 0 Å². The molecular formula is C6H15O4PZn3. The summed E-state index contributed by atoms with van der Waals surface area (Å²) >= 11 is 4.33. The largest absolute Gasteiger partial charge is 0.822 e. The van der Waals surface area contributed by atoms with E-state index >= 15 is 0 Å². The van der Waals surface area contributed by atoms with E-state index in [-0.39, 0.29) is 0 Å². The molecule has 74 valence electrons. The molecule has 0 unspecified atom stereocenters. The predicted octanol–water partition coefficient (Wildman–Crippen LogP) is 0.0896. The van der Waals surface area contributed by atoms with Crippen LogP contribution in [-0.2, 0) is 59.5 Å². The molecule has 4 nitrogen and oxygen atoms in total. The van der Waals surface area contributed by atoms with Crippen molar-refractivity contribution in [2.45, 2.75) is 35.8 Å². The number of phosphoric acid groups is 1. The molecule has 0 heterocycles. The maximum Gasteiger partial charge on any atom is -0.159 e. The minimum Gasteiger partial charge on any atom is -0.822 e. The van der Waals surface area contributed by atoms with Crippen molar-refractivity contribution < 1.29 is 74.2 Å². The van der Waals surface area contributed by atoms with Crippen LogP contribution in [0.4, 0.5) is 0 Å². The Morgan fingerprint density at radius 3 is 0.857 bits per heavy atom. The standard InChI is InChI=1S/3C2H5.H3O4P.3Zn/c3*1-2;1-5(2,3)4;;;/h3*1H2,2H3;(H3,1,2,3,4);;;/q;;;;3*+1/p-3. The van der Waals surface area contributed by atoms with Gasteiger partial charge in [0.15, 0.2) is 0 Å². The van der Waals surface area contributed by atoms with Crippen LogP contribution in [0.25, 0.3) is 0 Å². The van der Waals surface area contributed by atoms with Crippen LogP contribution in [0.2, 0.25) is 15.0 Å². The quantitative estimate of drug-likeness (QED) is 0.442. The molecule has 0 rings (SSSR count). The molecule has 0 atom stereocenters. The molecule has 0 bridgehead atoms. The summed E-state index contributed by atoms with van der Waals surface area (Å²) in [5.41, 5.74) is 0. The maximum atomic E-state index is 8.55. The van der Waals surface area contributed by atoms with Crippen LogP contribution >= 0.6 is 7.82 Å². The molecule has 0 aliphatic heterocycles. The van der Waals surface area contributed by atoms with Gasteiger partial charge in [-0.25, -0.2) is 0 Å². The summed E-state index contributed by atoms with van der Waals surface area (Å²) < 4.78 is 8.55. The molecule has 0 saturated heterocycles. The Labute approximate surface area is 117 Å². The third-order valence-electron chi connectivity index (χ3n) is 0. The van der Waals surface area contributed by atoms with Crippen LogP contribution in [-0.4, -0.2) is 0 Å². The molecule has 8 heteroatoms. The Morgan fingerprint density at radius 1 is 0.857 bits per heavy atom. The van der Waals surface area contributed by atoms with Crippen molar-refractivity contribution in [2.24, 2.45) is 0 Å². The Kier molecular flexibility index (Phi) is 43.3. The Bertz CT molecular complexity index is 96.2. The molecule has 0 aromatic carbocycles. The third-order valence-corrected chi connectivity index (χ3v) is 0. The normalized spacial score (nSPS) is 8.29. The molecule has 0 aliphatic carbocycles. The average Bonchev–Trinajstić information content (AvgIpc) is 1.86. The Morgan fingerprint density at radius 2 is 0.857 bits per heavy atom. The van der Waals surface area contributed by atoms with E-state index in [1.807, 2.05) is 0 Å². The molecule has 0 spiro atoms. The fourth-order valence-corrected chi connectivity index (χ4v) is 0. The van der Waals surface area contributed by atoms with Gasteiger partial charge in [0, 0.05) is 0 Å². The van der Waals surface area contributed by atoms with E-state index in [4.69, 9.17) is 19.2 Å². The van der Waals surface area contributed by atoms with Gasteiger partial charge in [-0.05, 0) is 0 Å². The van der Waals surface area contributed by atoms with Crippen molar-refractivity contribution in [2.75, 3.05) is 0 Å². The first-order valence-electron chi connectivity index (χ1n) is 4.35. The number of hydrogen-bond acceptors (Lipinski definition) is 4. The van der Waals surface area contributed by atoms with Gasteiger partial charge in [0.05, 0.1) is 0 Å². The first-order valence-corrected chi connectivity index (χ1v) is 12.1. The summed E-state index contributed by atoms with van der Waals surface area (Å²) in [5, 5.41) is 4.12. The van der Waals surface area contributed by atoms with Gasteiger partial charge in [0.25, 0.3) is 0 Å². The minimum atomic E-state index is -5.39. The fourth-order valence-electron chi connectivity index (χ4n) is 0. The molecular weight excluding hydrogens is 363 g/mol. The molecule has 0 saturated carbocycles. The summed E-state index contributed by atoms with van der Waals surface area (Å²) in [6, 6.07) is 0. The minimum absolute atomic E-state index is 1.38. The molecule has 0 radical (unpaired) electrons. The van der Waals surface area contributed by atoms with Gasteiger partial charge in [-0.3, -0.25) is 0 Å². The van der Waals surface area contributed by atoms with E-state index in [0.717, 1.165) is 0 Å². The second-order valence-corrected chi connectivity index (χ2v) is 9.14. The van der Waals surface area contributed by atoms with Crippen LogP contribution in [0.5, 0.6) is 0 Å². The van der Waals surface area contributed by atoms with Crippen molar-refractivity contribution in [3.63, 3.8) is 0 Å². The SMILES string of the molecule is C[CH2][Zn+].C[CH2][Zn+].C[CH2][Zn+].O=P([O-])([O-])[O-]. The van der Waals surface area contributed by atoms with Gasteiger partial charge in [-0.1, -0.05) is 0 Å². The van der Waals surface area contributed by atoms with Crippen LogP contribution in [0.1, 0.15) is 20.8 Å². The second kappa shape index (κ2) is 24.3. The molecule has 0 aromatic rings. The number of hydrogen-bond donors (Lipinski definition) is 0. The van der Waals surface area contributed by atoms with Crippen molar-refractivity contribution >= 4 is 7.82 Å². The summed E-state index contributed by atoms with van der Waals surface area (Å²) in [7, 11) is -5.39. The van der Waals surface area contributed by atoms with Crippen molar-refractivity contribution in [3.05, 3.63) is 0 Å². The summed E-state index contributed by atoms with van der Waals surface area (Å²) in [5.74, 6) is 0. The van der Waals surface area contributed by atoms with Gasteiger partial charge < -0.3 is 19.2 Å². The molecule has 0 aromatic heterocycles. The zero-order valence-electron chi connectivity index (χ0n) is 9.32. The monoisotopic (exact) mass is 374 g/mol. The van der Waals surface area contributed by atoms with Gasteiger partial charge >= 0.3 is 90.7 Å². The van der Waals surface area contributed by atoms with Gasteiger partial charge in [0.2, 0.25) is 0 Å². The predicted molar refractivity (Wildman–Crippen MR) is 39.0 cm³/mol.